The van der Waals surface area contributed by atoms with E-state index in [1.54, 1.807) is 13.1 Å². The van der Waals surface area contributed by atoms with Crippen molar-refractivity contribution in [2.24, 2.45) is 0 Å². The summed E-state index contributed by atoms with van der Waals surface area (Å²) in [7, 11) is 0. The van der Waals surface area contributed by atoms with Gasteiger partial charge in [-0.3, -0.25) is 14.9 Å². The molecule has 1 aliphatic heterocycles. The molecule has 2 heterocycles. The molecule has 1 fully saturated rings. The lowest BCUT2D eigenvalue weighted by molar-refractivity contribution is -0.141. The highest BCUT2D eigenvalue weighted by Gasteiger charge is 2.41. The molecule has 78 valence electrons. The van der Waals surface area contributed by atoms with Crippen LogP contribution in [0.3, 0.4) is 0 Å². The average molecular weight is 208 g/mol. The first-order valence-corrected chi connectivity index (χ1v) is 4.29. The minimum Gasteiger partial charge on any atom is -0.347 e. The highest BCUT2D eigenvalue weighted by Crippen LogP contribution is 2.19. The third kappa shape index (κ3) is 1.37. The SMILES string of the molecule is CC(c1ncc[nH]1)N1C(=O)NC(=O)C1=O. The van der Waals surface area contributed by atoms with Gasteiger partial charge in [-0.05, 0) is 6.92 Å². The Kier molecular flexibility index (Phi) is 2.00. The highest BCUT2D eigenvalue weighted by atomic mass is 16.2. The van der Waals surface area contributed by atoms with Gasteiger partial charge in [-0.15, -0.1) is 0 Å². The molecule has 0 bridgehead atoms. The van der Waals surface area contributed by atoms with E-state index in [0.717, 1.165) is 4.90 Å². The molecule has 1 saturated heterocycles. The second-order valence-corrected chi connectivity index (χ2v) is 3.08. The summed E-state index contributed by atoms with van der Waals surface area (Å²) in [6.45, 7) is 1.61. The van der Waals surface area contributed by atoms with Crippen molar-refractivity contribution < 1.29 is 14.4 Å². The second-order valence-electron chi connectivity index (χ2n) is 3.08. The minimum atomic E-state index is -0.904. The van der Waals surface area contributed by atoms with Crippen molar-refractivity contribution in [3.05, 3.63) is 18.2 Å². The van der Waals surface area contributed by atoms with Gasteiger partial charge in [-0.1, -0.05) is 0 Å². The van der Waals surface area contributed by atoms with Crippen LogP contribution < -0.4 is 5.32 Å². The van der Waals surface area contributed by atoms with Gasteiger partial charge in [0.15, 0.2) is 0 Å². The monoisotopic (exact) mass is 208 g/mol. The summed E-state index contributed by atoms with van der Waals surface area (Å²) in [5, 5.41) is 1.92. The minimum absolute atomic E-state index is 0.452. The summed E-state index contributed by atoms with van der Waals surface area (Å²) in [6.07, 6.45) is 3.08. The van der Waals surface area contributed by atoms with E-state index >= 15 is 0 Å². The molecule has 0 radical (unpaired) electrons. The molecule has 15 heavy (non-hydrogen) atoms. The first-order chi connectivity index (χ1) is 7.11. The Morgan fingerprint density at radius 2 is 2.13 bits per heavy atom. The number of rotatable bonds is 2. The zero-order chi connectivity index (χ0) is 11.0. The van der Waals surface area contributed by atoms with Crippen LogP contribution in [0.2, 0.25) is 0 Å². The van der Waals surface area contributed by atoms with Gasteiger partial charge in [0.05, 0.1) is 6.04 Å². The van der Waals surface area contributed by atoms with Crippen LogP contribution in [-0.2, 0) is 9.59 Å². The number of amides is 4. The molecular formula is C8H8N4O3. The molecule has 0 spiro atoms. The molecule has 1 aromatic heterocycles. The number of carbonyl (C=O) groups excluding carboxylic acids is 3. The van der Waals surface area contributed by atoms with E-state index in [2.05, 4.69) is 9.97 Å². The third-order valence-corrected chi connectivity index (χ3v) is 2.15. The number of imidazole rings is 1. The zero-order valence-electron chi connectivity index (χ0n) is 7.85. The lowest BCUT2D eigenvalue weighted by atomic mass is 10.3. The molecule has 1 atom stereocenters. The van der Waals surface area contributed by atoms with E-state index < -0.39 is 23.9 Å². The smallest absolute Gasteiger partial charge is 0.332 e. The molecule has 1 aromatic rings. The molecule has 0 saturated carbocycles. The van der Waals surface area contributed by atoms with Crippen molar-refractivity contribution in [2.45, 2.75) is 13.0 Å². The van der Waals surface area contributed by atoms with Crippen molar-refractivity contribution in [2.75, 3.05) is 0 Å². The van der Waals surface area contributed by atoms with E-state index in [0.29, 0.717) is 5.82 Å². The van der Waals surface area contributed by atoms with Gasteiger partial charge < -0.3 is 4.98 Å². The molecule has 4 amide bonds. The van der Waals surface area contributed by atoms with Crippen molar-refractivity contribution in [3.8, 4) is 0 Å². The Balaban J connectivity index is 2.28. The normalized spacial score (nSPS) is 18.2. The molecule has 1 unspecified atom stereocenters. The number of carbonyl (C=O) groups is 3. The molecule has 7 heteroatoms. The van der Waals surface area contributed by atoms with Gasteiger partial charge in [0, 0.05) is 12.4 Å². The van der Waals surface area contributed by atoms with E-state index in [-0.39, 0.29) is 0 Å². The molecule has 2 N–H and O–H groups in total. The summed E-state index contributed by atoms with van der Waals surface area (Å²) in [6, 6.07) is -1.30. The molecular weight excluding hydrogens is 200 g/mol. The van der Waals surface area contributed by atoms with E-state index in [4.69, 9.17) is 0 Å². The number of hydrogen-bond donors (Lipinski definition) is 2. The van der Waals surface area contributed by atoms with Crippen LogP contribution in [0.15, 0.2) is 12.4 Å². The summed E-state index contributed by atoms with van der Waals surface area (Å²) in [5.74, 6) is -1.31. The predicted octanol–water partition coefficient (Wildman–Crippen LogP) is -0.451. The largest absolute Gasteiger partial charge is 0.347 e. The van der Waals surface area contributed by atoms with Gasteiger partial charge in [0.1, 0.15) is 5.82 Å². The van der Waals surface area contributed by atoms with Crippen LogP contribution in [-0.4, -0.2) is 32.7 Å². The number of aromatic amines is 1. The number of hydrogen-bond acceptors (Lipinski definition) is 4. The van der Waals surface area contributed by atoms with E-state index in [1.807, 2.05) is 5.32 Å². The maximum Gasteiger partial charge on any atom is 0.332 e. The number of H-pyrrole nitrogens is 1. The fraction of sp³-hybridized carbons (Fsp3) is 0.250. The highest BCUT2D eigenvalue weighted by molar-refractivity contribution is 6.44. The standard InChI is InChI=1S/C8H8N4O3/c1-4(5-9-2-3-10-5)12-7(14)6(13)11-8(12)15/h2-4H,1H3,(H,9,10)(H,11,13,15). The number of nitrogens with one attached hydrogen (secondary N) is 2. The van der Waals surface area contributed by atoms with Gasteiger partial charge in [0.25, 0.3) is 0 Å². The molecule has 0 aromatic carbocycles. The summed E-state index contributed by atoms with van der Waals surface area (Å²) in [4.78, 5) is 41.0. The predicted molar refractivity (Wildman–Crippen MR) is 47.4 cm³/mol. The fourth-order valence-corrected chi connectivity index (χ4v) is 1.39. The maximum absolute atomic E-state index is 11.3. The van der Waals surface area contributed by atoms with E-state index in [1.165, 1.54) is 6.20 Å². The maximum atomic E-state index is 11.3. The van der Waals surface area contributed by atoms with Crippen LogP contribution in [0.25, 0.3) is 0 Å². The molecule has 0 aliphatic carbocycles. The average Bonchev–Trinajstić information content (AvgIpc) is 2.76. The van der Waals surface area contributed by atoms with Crippen molar-refractivity contribution in [3.63, 3.8) is 0 Å². The molecule has 2 rings (SSSR count). The van der Waals surface area contributed by atoms with Crippen LogP contribution in [0.5, 0.6) is 0 Å². The third-order valence-electron chi connectivity index (χ3n) is 2.15. The summed E-state index contributed by atoms with van der Waals surface area (Å²) in [5.41, 5.74) is 0. The van der Waals surface area contributed by atoms with Gasteiger partial charge in [-0.2, -0.15) is 0 Å². The Bertz CT molecular complexity index is 425. The van der Waals surface area contributed by atoms with Crippen molar-refractivity contribution in [1.29, 1.82) is 0 Å². The Morgan fingerprint density at radius 3 is 2.60 bits per heavy atom. The van der Waals surface area contributed by atoms with Crippen LogP contribution >= 0.6 is 0 Å². The lowest BCUT2D eigenvalue weighted by Crippen LogP contribution is -2.34. The van der Waals surface area contributed by atoms with Gasteiger partial charge in [0.2, 0.25) is 0 Å². The quantitative estimate of drug-likeness (QED) is 0.508. The van der Waals surface area contributed by atoms with Gasteiger partial charge >= 0.3 is 17.8 Å². The Labute approximate surface area is 84.5 Å². The second kappa shape index (κ2) is 3.19. The summed E-state index contributed by atoms with van der Waals surface area (Å²) < 4.78 is 0. The fourth-order valence-electron chi connectivity index (χ4n) is 1.39. The van der Waals surface area contributed by atoms with Crippen LogP contribution in [0.1, 0.15) is 18.8 Å². The van der Waals surface area contributed by atoms with Crippen molar-refractivity contribution in [1.82, 2.24) is 20.2 Å². The van der Waals surface area contributed by atoms with Gasteiger partial charge in [-0.25, -0.2) is 14.7 Å². The Morgan fingerprint density at radius 1 is 1.40 bits per heavy atom. The topological polar surface area (TPSA) is 95.2 Å². The van der Waals surface area contributed by atoms with Crippen LogP contribution in [0.4, 0.5) is 4.79 Å². The number of imide groups is 2. The number of urea groups is 1. The lowest BCUT2D eigenvalue weighted by Gasteiger charge is -2.17. The molecule has 7 nitrogen and oxygen atoms in total. The van der Waals surface area contributed by atoms with Crippen molar-refractivity contribution >= 4 is 17.8 Å². The van der Waals surface area contributed by atoms with E-state index in [9.17, 15) is 14.4 Å². The first kappa shape index (κ1) is 9.38. The Hall–Kier alpha value is -2.18. The number of aromatic nitrogens is 2. The summed E-state index contributed by atoms with van der Waals surface area (Å²) >= 11 is 0. The zero-order valence-corrected chi connectivity index (χ0v) is 7.85. The van der Waals surface area contributed by atoms with Crippen LogP contribution in [0, 0.1) is 0 Å². The molecule has 1 aliphatic rings. The first-order valence-electron chi connectivity index (χ1n) is 4.29. The number of nitrogens with zero attached hydrogens (tertiary/aromatic N) is 2.